The Kier molecular flexibility index (Phi) is 6.60. The van der Waals surface area contributed by atoms with Gasteiger partial charge in [-0.3, -0.25) is 4.72 Å². The summed E-state index contributed by atoms with van der Waals surface area (Å²) in [5.74, 6) is 0.131. The Morgan fingerprint density at radius 1 is 1.28 bits per heavy atom. The summed E-state index contributed by atoms with van der Waals surface area (Å²) in [4.78, 5) is 22.0. The van der Waals surface area contributed by atoms with Crippen LogP contribution < -0.4 is 9.62 Å². The molecule has 3 aromatic rings. The molecule has 0 saturated carbocycles. The van der Waals surface area contributed by atoms with E-state index in [4.69, 9.17) is 16.3 Å². The van der Waals surface area contributed by atoms with Crippen LogP contribution in [0.15, 0.2) is 41.3 Å². The number of morpholine rings is 1. The maximum atomic E-state index is 13.0. The number of sulfonamides is 1. The first-order valence-corrected chi connectivity index (χ1v) is 12.2. The molecular formula is C20H19ClN4O5S2. The highest BCUT2D eigenvalue weighted by molar-refractivity contribution is 7.93. The fourth-order valence-electron chi connectivity index (χ4n) is 3.14. The molecule has 0 unspecified atom stereocenters. The van der Waals surface area contributed by atoms with Crippen molar-refractivity contribution < 1.29 is 22.7 Å². The number of nitrogens with zero attached hydrogens (tertiary/aromatic N) is 3. The number of hydrogen-bond donors (Lipinski definition) is 1. The van der Waals surface area contributed by atoms with Crippen LogP contribution in [0.2, 0.25) is 5.28 Å². The number of halogens is 1. The number of methoxy groups -OCH3 is 1. The van der Waals surface area contributed by atoms with E-state index in [1.807, 2.05) is 4.90 Å². The third kappa shape index (κ3) is 5.01. The lowest BCUT2D eigenvalue weighted by atomic mass is 10.2. The molecule has 32 heavy (non-hydrogen) atoms. The SMILES string of the molecule is COC(=O)/C=C/c1cccc(S(=O)(=O)Nc2cc3nc(Cl)nc(N4CCOCC4)c3s2)c1. The molecule has 2 aromatic heterocycles. The minimum absolute atomic E-state index is 0.0551. The average molecular weight is 495 g/mol. The number of carbonyl (C=O) groups excluding carboxylic acids is 1. The minimum Gasteiger partial charge on any atom is -0.466 e. The van der Waals surface area contributed by atoms with Gasteiger partial charge in [-0.25, -0.2) is 18.2 Å². The summed E-state index contributed by atoms with van der Waals surface area (Å²) in [5.41, 5.74) is 1.10. The highest BCUT2D eigenvalue weighted by Gasteiger charge is 2.21. The van der Waals surface area contributed by atoms with Gasteiger partial charge < -0.3 is 14.4 Å². The predicted molar refractivity (Wildman–Crippen MR) is 124 cm³/mol. The second kappa shape index (κ2) is 9.41. The van der Waals surface area contributed by atoms with E-state index in [1.54, 1.807) is 18.2 Å². The Hall–Kier alpha value is -2.73. The molecule has 0 spiro atoms. The van der Waals surface area contributed by atoms with E-state index in [-0.39, 0.29) is 10.2 Å². The normalized spacial score (nSPS) is 14.8. The molecule has 3 heterocycles. The van der Waals surface area contributed by atoms with Gasteiger partial charge in [-0.1, -0.05) is 12.1 Å². The number of hydrogen-bond acceptors (Lipinski definition) is 9. The number of rotatable bonds is 6. The van der Waals surface area contributed by atoms with E-state index in [0.29, 0.717) is 48.2 Å². The highest BCUT2D eigenvalue weighted by Crippen LogP contribution is 2.37. The number of fused-ring (bicyclic) bond motifs is 1. The highest BCUT2D eigenvalue weighted by atomic mass is 35.5. The fraction of sp³-hybridized carbons (Fsp3) is 0.250. The van der Waals surface area contributed by atoms with Gasteiger partial charge in [0.1, 0.15) is 5.00 Å². The molecule has 0 aliphatic carbocycles. The average Bonchev–Trinajstić information content (AvgIpc) is 3.18. The molecule has 1 saturated heterocycles. The first kappa shape index (κ1) is 22.5. The summed E-state index contributed by atoms with van der Waals surface area (Å²) < 4.78 is 39.2. The Morgan fingerprint density at radius 3 is 2.81 bits per heavy atom. The fourth-order valence-corrected chi connectivity index (χ4v) is 5.66. The van der Waals surface area contributed by atoms with E-state index < -0.39 is 16.0 Å². The quantitative estimate of drug-likeness (QED) is 0.316. The van der Waals surface area contributed by atoms with E-state index in [0.717, 1.165) is 4.70 Å². The first-order chi connectivity index (χ1) is 15.4. The van der Waals surface area contributed by atoms with Gasteiger partial charge in [0.2, 0.25) is 5.28 Å². The van der Waals surface area contributed by atoms with E-state index in [1.165, 1.54) is 42.7 Å². The molecule has 12 heteroatoms. The van der Waals surface area contributed by atoms with Crippen LogP contribution in [0.25, 0.3) is 16.3 Å². The lowest BCUT2D eigenvalue weighted by Crippen LogP contribution is -2.36. The van der Waals surface area contributed by atoms with Crippen LogP contribution in [-0.2, 0) is 24.3 Å². The largest absolute Gasteiger partial charge is 0.466 e. The molecule has 1 aromatic carbocycles. The number of carbonyl (C=O) groups is 1. The molecular weight excluding hydrogens is 476 g/mol. The Balaban J connectivity index is 1.63. The molecule has 168 valence electrons. The van der Waals surface area contributed by atoms with Crippen LogP contribution in [0.1, 0.15) is 5.56 Å². The number of thiophene rings is 1. The summed E-state index contributed by atoms with van der Waals surface area (Å²) in [7, 11) is -2.61. The first-order valence-electron chi connectivity index (χ1n) is 9.54. The second-order valence-electron chi connectivity index (χ2n) is 6.78. The van der Waals surface area contributed by atoms with Gasteiger partial charge in [0, 0.05) is 25.2 Å². The summed E-state index contributed by atoms with van der Waals surface area (Å²) in [6.45, 7) is 2.48. The van der Waals surface area contributed by atoms with Crippen LogP contribution in [0, 0.1) is 0 Å². The van der Waals surface area contributed by atoms with Crippen molar-refractivity contribution in [2.24, 2.45) is 0 Å². The number of benzene rings is 1. The maximum absolute atomic E-state index is 13.0. The molecule has 1 fully saturated rings. The Bertz CT molecular complexity index is 1290. The minimum atomic E-state index is -3.88. The third-order valence-electron chi connectivity index (χ3n) is 4.65. The smallest absolute Gasteiger partial charge is 0.330 e. The maximum Gasteiger partial charge on any atom is 0.330 e. The van der Waals surface area contributed by atoms with E-state index >= 15 is 0 Å². The van der Waals surface area contributed by atoms with Gasteiger partial charge in [0.15, 0.2) is 5.82 Å². The van der Waals surface area contributed by atoms with E-state index in [2.05, 4.69) is 19.4 Å². The molecule has 1 aliphatic rings. The summed E-state index contributed by atoms with van der Waals surface area (Å²) in [6.07, 6.45) is 2.71. The van der Waals surface area contributed by atoms with Crippen molar-refractivity contribution >= 4 is 66.0 Å². The summed E-state index contributed by atoms with van der Waals surface area (Å²) in [5, 5.41) is 0.484. The standard InChI is InChI=1S/C20H19ClN4O5S2/c1-29-17(26)6-5-13-3-2-4-14(11-13)32(27,28)24-16-12-15-18(31-16)19(23-20(21)22-15)25-7-9-30-10-8-25/h2-6,11-12,24H,7-10H2,1H3/b6-5+. The monoisotopic (exact) mass is 494 g/mol. The lowest BCUT2D eigenvalue weighted by Gasteiger charge is -2.28. The van der Waals surface area contributed by atoms with Gasteiger partial charge in [0.25, 0.3) is 10.0 Å². The number of aromatic nitrogens is 2. The topological polar surface area (TPSA) is 111 Å². The van der Waals surface area contributed by atoms with Crippen LogP contribution >= 0.6 is 22.9 Å². The molecule has 0 bridgehead atoms. The number of esters is 1. The Labute approximate surface area is 193 Å². The molecule has 0 radical (unpaired) electrons. The summed E-state index contributed by atoms with van der Waals surface area (Å²) >= 11 is 7.35. The van der Waals surface area contributed by atoms with Crippen molar-refractivity contribution in [2.75, 3.05) is 43.0 Å². The van der Waals surface area contributed by atoms with Crippen molar-refractivity contribution in [1.29, 1.82) is 0 Å². The predicted octanol–water partition coefficient (Wildman–Crippen LogP) is 3.17. The Morgan fingerprint density at radius 2 is 2.06 bits per heavy atom. The summed E-state index contributed by atoms with van der Waals surface area (Å²) in [6, 6.07) is 7.85. The molecule has 9 nitrogen and oxygen atoms in total. The van der Waals surface area contributed by atoms with Gasteiger partial charge in [-0.05, 0) is 35.4 Å². The number of anilines is 2. The van der Waals surface area contributed by atoms with Gasteiger partial charge >= 0.3 is 5.97 Å². The van der Waals surface area contributed by atoms with Gasteiger partial charge in [0.05, 0.1) is 35.4 Å². The third-order valence-corrected chi connectivity index (χ3v) is 7.35. The van der Waals surface area contributed by atoms with Crippen molar-refractivity contribution in [2.45, 2.75) is 4.90 Å². The van der Waals surface area contributed by atoms with Gasteiger partial charge in [-0.2, -0.15) is 4.98 Å². The number of nitrogens with one attached hydrogen (secondary N) is 1. The number of ether oxygens (including phenoxy) is 2. The molecule has 0 atom stereocenters. The zero-order valence-corrected chi connectivity index (χ0v) is 19.3. The van der Waals surface area contributed by atoms with Crippen molar-refractivity contribution in [3.63, 3.8) is 0 Å². The lowest BCUT2D eigenvalue weighted by molar-refractivity contribution is -0.134. The molecule has 1 aliphatic heterocycles. The van der Waals surface area contributed by atoms with Crippen molar-refractivity contribution in [1.82, 2.24) is 9.97 Å². The molecule has 0 amide bonds. The zero-order valence-electron chi connectivity index (χ0n) is 16.9. The van der Waals surface area contributed by atoms with Crippen LogP contribution in [0.4, 0.5) is 10.8 Å². The van der Waals surface area contributed by atoms with Gasteiger partial charge in [-0.15, -0.1) is 11.3 Å². The molecule has 1 N–H and O–H groups in total. The zero-order chi connectivity index (χ0) is 22.7. The second-order valence-corrected chi connectivity index (χ2v) is 9.85. The van der Waals surface area contributed by atoms with E-state index in [9.17, 15) is 13.2 Å². The van der Waals surface area contributed by atoms with Crippen molar-refractivity contribution in [3.8, 4) is 0 Å². The van der Waals surface area contributed by atoms with Crippen LogP contribution in [0.3, 0.4) is 0 Å². The van der Waals surface area contributed by atoms with Crippen LogP contribution in [-0.4, -0.2) is 57.8 Å². The van der Waals surface area contributed by atoms with Crippen molar-refractivity contribution in [3.05, 3.63) is 47.3 Å². The molecule has 4 rings (SSSR count). The van der Waals surface area contributed by atoms with Crippen LogP contribution in [0.5, 0.6) is 0 Å².